The van der Waals surface area contributed by atoms with Gasteiger partial charge in [0.05, 0.1) is 18.0 Å². The molecule has 5 rings (SSSR count). The van der Waals surface area contributed by atoms with Gasteiger partial charge in [0.2, 0.25) is 5.91 Å². The minimum atomic E-state index is -0.272. The Balaban J connectivity index is 1.39. The van der Waals surface area contributed by atoms with Crippen LogP contribution in [0.3, 0.4) is 0 Å². The number of likely N-dealkylation sites (N-methyl/N-ethyl adjacent to an activating group) is 1. The van der Waals surface area contributed by atoms with Crippen LogP contribution >= 0.6 is 0 Å². The molecule has 2 aromatic heterocycles. The molecule has 0 aliphatic carbocycles. The lowest BCUT2D eigenvalue weighted by Crippen LogP contribution is -2.49. The second-order valence-corrected chi connectivity index (χ2v) is 8.23. The molecule has 1 aliphatic heterocycles. The zero-order valence-electron chi connectivity index (χ0n) is 17.9. The molecule has 1 amide bonds. The van der Waals surface area contributed by atoms with E-state index >= 15 is 0 Å². The van der Waals surface area contributed by atoms with E-state index in [1.165, 1.54) is 12.1 Å². The molecular weight excluding hydrogens is 405 g/mol. The fourth-order valence-corrected chi connectivity index (χ4v) is 4.27. The van der Waals surface area contributed by atoms with Crippen molar-refractivity contribution in [2.45, 2.75) is 12.5 Å². The molecule has 0 N–H and O–H groups in total. The van der Waals surface area contributed by atoms with Crippen LogP contribution < -0.4 is 0 Å². The number of benzene rings is 2. The molecule has 2 aromatic carbocycles. The highest BCUT2D eigenvalue weighted by Gasteiger charge is 2.31. The summed E-state index contributed by atoms with van der Waals surface area (Å²) in [6.07, 6.45) is 2.26. The first kappa shape index (κ1) is 20.3. The van der Waals surface area contributed by atoms with Crippen LogP contribution in [0.2, 0.25) is 0 Å². The molecule has 1 fully saturated rings. The Labute approximate surface area is 185 Å². The van der Waals surface area contributed by atoms with E-state index in [1.54, 1.807) is 10.6 Å². The molecule has 7 heteroatoms. The Hall–Kier alpha value is -3.58. The van der Waals surface area contributed by atoms with E-state index in [2.05, 4.69) is 22.3 Å². The Morgan fingerprint density at radius 1 is 1.03 bits per heavy atom. The van der Waals surface area contributed by atoms with E-state index in [0.29, 0.717) is 19.5 Å². The summed E-state index contributed by atoms with van der Waals surface area (Å²) in [6.45, 7) is 2.04. The van der Waals surface area contributed by atoms with E-state index < -0.39 is 0 Å². The summed E-state index contributed by atoms with van der Waals surface area (Å²) in [5, 5.41) is 8.78. The smallest absolute Gasteiger partial charge is 0.227 e. The van der Waals surface area contributed by atoms with Gasteiger partial charge in [0.25, 0.3) is 0 Å². The van der Waals surface area contributed by atoms with Gasteiger partial charge < -0.3 is 4.90 Å². The van der Waals surface area contributed by atoms with Gasteiger partial charge in [-0.1, -0.05) is 53.7 Å². The first-order valence-corrected chi connectivity index (χ1v) is 10.7. The first-order chi connectivity index (χ1) is 15.6. The molecule has 1 saturated heterocycles. The Morgan fingerprint density at radius 3 is 2.69 bits per heavy atom. The van der Waals surface area contributed by atoms with Crippen molar-refractivity contribution in [2.24, 2.45) is 0 Å². The summed E-state index contributed by atoms with van der Waals surface area (Å²) in [5.41, 5.74) is 4.41. The predicted octanol–water partition coefficient (Wildman–Crippen LogP) is 3.59. The number of halogens is 1. The van der Waals surface area contributed by atoms with E-state index in [0.717, 1.165) is 34.4 Å². The Bertz CT molecular complexity index is 1260. The third-order valence-corrected chi connectivity index (χ3v) is 6.11. The summed E-state index contributed by atoms with van der Waals surface area (Å²) < 4.78 is 15.4. The van der Waals surface area contributed by atoms with Crippen molar-refractivity contribution in [1.82, 2.24) is 24.6 Å². The summed E-state index contributed by atoms with van der Waals surface area (Å²) >= 11 is 0. The second-order valence-electron chi connectivity index (χ2n) is 8.23. The van der Waals surface area contributed by atoms with Gasteiger partial charge in [-0.2, -0.15) is 0 Å². The average Bonchev–Trinajstić information content (AvgIpc) is 3.23. The maximum atomic E-state index is 13.6. The maximum absolute atomic E-state index is 13.6. The Morgan fingerprint density at radius 2 is 1.88 bits per heavy atom. The van der Waals surface area contributed by atoms with Gasteiger partial charge in [0.1, 0.15) is 11.5 Å². The number of hydrogen-bond acceptors (Lipinski definition) is 4. The SMILES string of the molecule is CN1CCN(C(=O)Cc2ccccc2)C[C@@H]1c1nnn2cc(-c3cccc(F)c3)ccc12. The van der Waals surface area contributed by atoms with E-state index in [1.807, 2.05) is 59.6 Å². The molecule has 1 atom stereocenters. The zero-order chi connectivity index (χ0) is 22.1. The zero-order valence-corrected chi connectivity index (χ0v) is 17.9. The van der Waals surface area contributed by atoms with Crippen molar-refractivity contribution in [3.8, 4) is 11.1 Å². The van der Waals surface area contributed by atoms with Gasteiger partial charge in [-0.3, -0.25) is 9.69 Å². The van der Waals surface area contributed by atoms with Crippen LogP contribution in [0.1, 0.15) is 17.3 Å². The summed E-state index contributed by atoms with van der Waals surface area (Å²) in [5.74, 6) is -0.148. The van der Waals surface area contributed by atoms with Crippen LogP contribution in [0.5, 0.6) is 0 Å². The molecule has 0 spiro atoms. The van der Waals surface area contributed by atoms with Gasteiger partial charge in [-0.15, -0.1) is 5.10 Å². The number of carbonyl (C=O) groups excluding carboxylic acids is 1. The molecule has 4 aromatic rings. The van der Waals surface area contributed by atoms with Crippen LogP contribution in [-0.4, -0.2) is 57.2 Å². The van der Waals surface area contributed by atoms with E-state index in [9.17, 15) is 9.18 Å². The molecule has 0 unspecified atom stereocenters. The van der Waals surface area contributed by atoms with Crippen molar-refractivity contribution in [3.63, 3.8) is 0 Å². The topological polar surface area (TPSA) is 53.7 Å². The van der Waals surface area contributed by atoms with Gasteiger partial charge in [0.15, 0.2) is 0 Å². The third kappa shape index (κ3) is 3.99. The van der Waals surface area contributed by atoms with Gasteiger partial charge in [-0.25, -0.2) is 8.91 Å². The van der Waals surface area contributed by atoms with Crippen LogP contribution in [0.25, 0.3) is 16.6 Å². The average molecular weight is 429 g/mol. The third-order valence-electron chi connectivity index (χ3n) is 6.11. The fourth-order valence-electron chi connectivity index (χ4n) is 4.27. The molecule has 0 saturated carbocycles. The van der Waals surface area contributed by atoms with Crippen LogP contribution in [0.4, 0.5) is 4.39 Å². The van der Waals surface area contributed by atoms with E-state index in [-0.39, 0.29) is 17.8 Å². The number of piperazine rings is 1. The molecule has 3 heterocycles. The largest absolute Gasteiger partial charge is 0.339 e. The lowest BCUT2D eigenvalue weighted by atomic mass is 10.0. The highest BCUT2D eigenvalue weighted by molar-refractivity contribution is 5.79. The number of pyridine rings is 1. The number of aromatic nitrogens is 3. The summed E-state index contributed by atoms with van der Waals surface area (Å²) in [7, 11) is 2.05. The molecule has 6 nitrogen and oxygen atoms in total. The van der Waals surface area contributed by atoms with Crippen molar-refractivity contribution in [1.29, 1.82) is 0 Å². The van der Waals surface area contributed by atoms with Crippen molar-refractivity contribution in [2.75, 3.05) is 26.7 Å². The number of rotatable bonds is 4. The number of amides is 1. The normalized spacial score (nSPS) is 17.1. The lowest BCUT2D eigenvalue weighted by molar-refractivity contribution is -0.133. The highest BCUT2D eigenvalue weighted by atomic mass is 19.1. The fraction of sp³-hybridized carbons (Fsp3) is 0.240. The highest BCUT2D eigenvalue weighted by Crippen LogP contribution is 2.28. The van der Waals surface area contributed by atoms with Crippen LogP contribution in [0, 0.1) is 5.82 Å². The number of carbonyl (C=O) groups is 1. The molecule has 1 aliphatic rings. The molecule has 32 heavy (non-hydrogen) atoms. The molecule has 162 valence electrons. The van der Waals surface area contributed by atoms with Crippen molar-refractivity contribution < 1.29 is 9.18 Å². The number of fused-ring (bicyclic) bond motifs is 1. The quantitative estimate of drug-likeness (QED) is 0.498. The Kier molecular flexibility index (Phi) is 5.41. The summed E-state index contributed by atoms with van der Waals surface area (Å²) in [6, 6.07) is 20.2. The van der Waals surface area contributed by atoms with Crippen molar-refractivity contribution >= 4 is 11.4 Å². The maximum Gasteiger partial charge on any atom is 0.227 e. The minimum absolute atomic E-state index is 0.0407. The second kappa shape index (κ2) is 8.51. The lowest BCUT2D eigenvalue weighted by Gasteiger charge is -2.38. The van der Waals surface area contributed by atoms with E-state index in [4.69, 9.17) is 0 Å². The minimum Gasteiger partial charge on any atom is -0.339 e. The van der Waals surface area contributed by atoms with Crippen LogP contribution in [0.15, 0.2) is 72.9 Å². The number of hydrogen-bond donors (Lipinski definition) is 0. The standard InChI is InChI=1S/C25H24FN5O/c1-29-12-13-30(24(32)14-18-6-3-2-4-7-18)17-23(29)25-22-11-10-20(16-31(22)28-27-25)19-8-5-9-21(26)15-19/h2-11,15-16,23H,12-14,17H2,1H3/t23-/m1/s1. The predicted molar refractivity (Wildman–Crippen MR) is 120 cm³/mol. The molecule has 0 radical (unpaired) electrons. The monoisotopic (exact) mass is 429 g/mol. The first-order valence-electron chi connectivity index (χ1n) is 10.7. The molecule has 0 bridgehead atoms. The van der Waals surface area contributed by atoms with Crippen molar-refractivity contribution in [3.05, 3.63) is 90.0 Å². The number of nitrogens with zero attached hydrogens (tertiary/aromatic N) is 5. The van der Waals surface area contributed by atoms with Crippen LogP contribution in [-0.2, 0) is 11.2 Å². The molecular formula is C25H24FN5O. The summed E-state index contributed by atoms with van der Waals surface area (Å²) in [4.78, 5) is 17.1. The van der Waals surface area contributed by atoms with Gasteiger partial charge in [-0.05, 0) is 36.4 Å². The van der Waals surface area contributed by atoms with Gasteiger partial charge in [0, 0.05) is 31.4 Å². The van der Waals surface area contributed by atoms with Gasteiger partial charge >= 0.3 is 0 Å².